The van der Waals surface area contributed by atoms with Crippen molar-refractivity contribution in [2.75, 3.05) is 7.11 Å². The van der Waals surface area contributed by atoms with Crippen LogP contribution in [0.4, 0.5) is 0 Å². The van der Waals surface area contributed by atoms with Crippen molar-refractivity contribution in [1.82, 2.24) is 0 Å². The van der Waals surface area contributed by atoms with Gasteiger partial charge in [-0.1, -0.05) is 6.07 Å². The number of aryl methyl sites for hydroxylation is 2. The fourth-order valence-electron chi connectivity index (χ4n) is 2.15. The molecule has 0 spiro atoms. The number of esters is 1. The van der Waals surface area contributed by atoms with E-state index in [1.165, 1.54) is 7.11 Å². The van der Waals surface area contributed by atoms with E-state index >= 15 is 0 Å². The van der Waals surface area contributed by atoms with Crippen LogP contribution in [0, 0.1) is 13.8 Å². The molecule has 1 aromatic carbocycles. The Morgan fingerprint density at radius 2 is 2.06 bits per heavy atom. The Morgan fingerprint density at radius 3 is 2.71 bits per heavy atom. The summed E-state index contributed by atoms with van der Waals surface area (Å²) in [6.45, 7) is 5.87. The zero-order valence-electron chi connectivity index (χ0n) is 10.5. The highest BCUT2D eigenvalue weighted by Gasteiger charge is 2.21. The molecule has 1 aromatic heterocycles. The van der Waals surface area contributed by atoms with Gasteiger partial charge >= 0.3 is 5.97 Å². The molecule has 0 N–H and O–H groups in total. The molecule has 3 nitrogen and oxygen atoms in total. The van der Waals surface area contributed by atoms with E-state index in [1.807, 2.05) is 26.8 Å². The van der Waals surface area contributed by atoms with Gasteiger partial charge in [0.25, 0.3) is 0 Å². The van der Waals surface area contributed by atoms with E-state index in [9.17, 15) is 4.79 Å². The first kappa shape index (κ1) is 11.7. The summed E-state index contributed by atoms with van der Waals surface area (Å²) >= 11 is 0. The number of fused-ring (bicyclic) bond motifs is 1. The molecule has 90 valence electrons. The Morgan fingerprint density at radius 1 is 1.35 bits per heavy atom. The fourth-order valence-corrected chi connectivity index (χ4v) is 2.15. The van der Waals surface area contributed by atoms with Gasteiger partial charge in [-0.25, -0.2) is 0 Å². The second-order valence-electron chi connectivity index (χ2n) is 4.39. The minimum atomic E-state index is -0.303. The van der Waals surface area contributed by atoms with E-state index in [0.29, 0.717) is 0 Å². The lowest BCUT2D eigenvalue weighted by molar-refractivity contribution is -0.141. The standard InChI is InChI=1S/C14H16O3/c1-8-5-9(2)13-11(6-8)12(7-17-13)10(3)14(15)16-4/h5-7,10H,1-4H3. The average Bonchev–Trinajstić information content (AvgIpc) is 2.70. The van der Waals surface area contributed by atoms with E-state index < -0.39 is 0 Å². The Balaban J connectivity index is 2.60. The SMILES string of the molecule is COC(=O)C(C)c1coc2c(C)cc(C)cc12. The first-order valence-corrected chi connectivity index (χ1v) is 5.60. The lowest BCUT2D eigenvalue weighted by atomic mass is 9.98. The number of carbonyl (C=O) groups is 1. The van der Waals surface area contributed by atoms with Crippen molar-refractivity contribution in [3.8, 4) is 0 Å². The van der Waals surface area contributed by atoms with Gasteiger partial charge < -0.3 is 9.15 Å². The van der Waals surface area contributed by atoms with Crippen molar-refractivity contribution in [2.24, 2.45) is 0 Å². The van der Waals surface area contributed by atoms with Crippen molar-refractivity contribution < 1.29 is 13.9 Å². The third-order valence-electron chi connectivity index (χ3n) is 3.05. The maximum Gasteiger partial charge on any atom is 0.312 e. The summed E-state index contributed by atoms with van der Waals surface area (Å²) in [5.41, 5.74) is 3.98. The number of hydrogen-bond donors (Lipinski definition) is 0. The van der Waals surface area contributed by atoms with Crippen LogP contribution in [0.3, 0.4) is 0 Å². The summed E-state index contributed by atoms with van der Waals surface area (Å²) in [7, 11) is 1.40. The van der Waals surface area contributed by atoms with Gasteiger partial charge in [0.05, 0.1) is 19.3 Å². The Hall–Kier alpha value is -1.77. The van der Waals surface area contributed by atoms with Crippen LogP contribution in [0.5, 0.6) is 0 Å². The Bertz CT molecular complexity index is 566. The van der Waals surface area contributed by atoms with Gasteiger partial charge in [-0.05, 0) is 38.0 Å². The Kier molecular flexibility index (Phi) is 2.92. The molecule has 0 aliphatic heterocycles. The molecule has 0 saturated carbocycles. The van der Waals surface area contributed by atoms with Crippen LogP contribution in [0.15, 0.2) is 22.8 Å². The molecule has 0 amide bonds. The van der Waals surface area contributed by atoms with Gasteiger partial charge in [0.15, 0.2) is 0 Å². The zero-order chi connectivity index (χ0) is 12.6. The van der Waals surface area contributed by atoms with E-state index in [-0.39, 0.29) is 11.9 Å². The van der Waals surface area contributed by atoms with Crippen LogP contribution in [-0.2, 0) is 9.53 Å². The highest BCUT2D eigenvalue weighted by Crippen LogP contribution is 2.31. The molecule has 0 aliphatic rings. The third kappa shape index (κ3) is 1.93. The molecule has 0 bridgehead atoms. The molecule has 0 radical (unpaired) electrons. The quantitative estimate of drug-likeness (QED) is 0.745. The van der Waals surface area contributed by atoms with Crippen molar-refractivity contribution in [1.29, 1.82) is 0 Å². The lowest BCUT2D eigenvalue weighted by Crippen LogP contribution is -2.10. The fraction of sp³-hybridized carbons (Fsp3) is 0.357. The summed E-state index contributed by atoms with van der Waals surface area (Å²) in [4.78, 5) is 11.6. The number of methoxy groups -OCH3 is 1. The summed E-state index contributed by atoms with van der Waals surface area (Å²) < 4.78 is 10.3. The first-order chi connectivity index (χ1) is 8.04. The van der Waals surface area contributed by atoms with Crippen molar-refractivity contribution in [3.05, 3.63) is 35.1 Å². The second-order valence-corrected chi connectivity index (χ2v) is 4.39. The van der Waals surface area contributed by atoms with Crippen molar-refractivity contribution >= 4 is 16.9 Å². The molecule has 1 atom stereocenters. The molecular formula is C14H16O3. The molecule has 2 rings (SSSR count). The first-order valence-electron chi connectivity index (χ1n) is 5.60. The predicted molar refractivity (Wildman–Crippen MR) is 66.1 cm³/mol. The van der Waals surface area contributed by atoms with Crippen LogP contribution in [0.2, 0.25) is 0 Å². The Labute approximate surface area is 100 Å². The lowest BCUT2D eigenvalue weighted by Gasteiger charge is -2.07. The number of ether oxygens (including phenoxy) is 1. The molecule has 2 aromatic rings. The van der Waals surface area contributed by atoms with Gasteiger partial charge in [0, 0.05) is 10.9 Å². The van der Waals surface area contributed by atoms with Crippen LogP contribution < -0.4 is 0 Å². The van der Waals surface area contributed by atoms with Gasteiger partial charge in [-0.3, -0.25) is 4.79 Å². The van der Waals surface area contributed by atoms with E-state index in [0.717, 1.165) is 27.7 Å². The van der Waals surface area contributed by atoms with Gasteiger partial charge in [0.2, 0.25) is 0 Å². The van der Waals surface area contributed by atoms with Crippen LogP contribution in [0.1, 0.15) is 29.5 Å². The number of hydrogen-bond acceptors (Lipinski definition) is 3. The highest BCUT2D eigenvalue weighted by atomic mass is 16.5. The van der Waals surface area contributed by atoms with E-state index in [2.05, 4.69) is 6.07 Å². The summed E-state index contributed by atoms with van der Waals surface area (Å²) in [6, 6.07) is 4.11. The summed E-state index contributed by atoms with van der Waals surface area (Å²) in [6.07, 6.45) is 1.65. The van der Waals surface area contributed by atoms with Gasteiger partial charge in [-0.15, -0.1) is 0 Å². The molecule has 1 heterocycles. The minimum Gasteiger partial charge on any atom is -0.469 e. The molecule has 17 heavy (non-hydrogen) atoms. The number of benzene rings is 1. The summed E-state index contributed by atoms with van der Waals surface area (Å²) in [5, 5.41) is 1.00. The molecule has 0 aliphatic carbocycles. The minimum absolute atomic E-state index is 0.244. The van der Waals surface area contributed by atoms with Crippen LogP contribution in [0.25, 0.3) is 11.0 Å². The molecular weight excluding hydrogens is 216 g/mol. The van der Waals surface area contributed by atoms with Crippen LogP contribution >= 0.6 is 0 Å². The predicted octanol–water partition coefficient (Wildman–Crippen LogP) is 3.33. The normalized spacial score (nSPS) is 12.7. The second kappa shape index (κ2) is 4.24. The van der Waals surface area contributed by atoms with Crippen molar-refractivity contribution in [2.45, 2.75) is 26.7 Å². The molecule has 0 saturated heterocycles. The maximum absolute atomic E-state index is 11.6. The zero-order valence-corrected chi connectivity index (χ0v) is 10.5. The highest BCUT2D eigenvalue weighted by molar-refractivity contribution is 5.90. The largest absolute Gasteiger partial charge is 0.469 e. The average molecular weight is 232 g/mol. The number of rotatable bonds is 2. The van der Waals surface area contributed by atoms with E-state index in [4.69, 9.17) is 9.15 Å². The summed E-state index contributed by atoms with van der Waals surface area (Å²) in [5.74, 6) is -0.547. The maximum atomic E-state index is 11.6. The smallest absolute Gasteiger partial charge is 0.312 e. The number of carbonyl (C=O) groups excluding carboxylic acids is 1. The molecule has 1 unspecified atom stereocenters. The van der Waals surface area contributed by atoms with Gasteiger partial charge in [-0.2, -0.15) is 0 Å². The van der Waals surface area contributed by atoms with Gasteiger partial charge in [0.1, 0.15) is 5.58 Å². The third-order valence-corrected chi connectivity index (χ3v) is 3.05. The monoisotopic (exact) mass is 232 g/mol. The number of furan rings is 1. The van der Waals surface area contributed by atoms with Crippen LogP contribution in [-0.4, -0.2) is 13.1 Å². The van der Waals surface area contributed by atoms with E-state index in [1.54, 1.807) is 6.26 Å². The topological polar surface area (TPSA) is 39.4 Å². The van der Waals surface area contributed by atoms with Crippen molar-refractivity contribution in [3.63, 3.8) is 0 Å². The molecule has 0 fully saturated rings. The molecule has 3 heteroatoms.